The molecule has 0 fully saturated rings. The summed E-state index contributed by atoms with van der Waals surface area (Å²) in [4.78, 5) is 11.2. The zero-order valence-corrected chi connectivity index (χ0v) is 9.03. The van der Waals surface area contributed by atoms with Gasteiger partial charge >= 0.3 is 0 Å². The van der Waals surface area contributed by atoms with E-state index in [4.69, 9.17) is 0 Å². The van der Waals surface area contributed by atoms with E-state index in [1.54, 1.807) is 24.1 Å². The number of likely N-dealkylation sites (N-methyl/N-ethyl adjacent to an activating group) is 1. The van der Waals surface area contributed by atoms with Crippen molar-refractivity contribution in [2.75, 3.05) is 7.05 Å². The van der Waals surface area contributed by atoms with E-state index in [0.717, 1.165) is 5.56 Å². The van der Waals surface area contributed by atoms with Gasteiger partial charge in [-0.3, -0.25) is 4.79 Å². The topological polar surface area (TPSA) is 59.0 Å². The van der Waals surface area contributed by atoms with Crippen molar-refractivity contribution < 1.29 is 4.79 Å². The van der Waals surface area contributed by atoms with Crippen LogP contribution in [0.1, 0.15) is 12.5 Å². The minimum atomic E-state index is -0.206. The van der Waals surface area contributed by atoms with Gasteiger partial charge in [0.25, 0.3) is 0 Å². The van der Waals surface area contributed by atoms with Gasteiger partial charge in [-0.2, -0.15) is 5.10 Å². The van der Waals surface area contributed by atoms with E-state index in [9.17, 15) is 4.79 Å². The lowest BCUT2D eigenvalue weighted by Crippen LogP contribution is -2.40. The third-order valence-electron chi connectivity index (χ3n) is 2.09. The van der Waals surface area contributed by atoms with Crippen LogP contribution < -0.4 is 10.6 Å². The first-order valence-electron chi connectivity index (χ1n) is 4.78. The molecule has 1 unspecified atom stereocenters. The van der Waals surface area contributed by atoms with Crippen molar-refractivity contribution >= 4 is 12.1 Å². The third-order valence-corrected chi connectivity index (χ3v) is 2.09. The summed E-state index contributed by atoms with van der Waals surface area (Å²) in [6.07, 6.45) is 5.22. The molecule has 0 aromatic carbocycles. The molecule has 1 rings (SSSR count). The summed E-state index contributed by atoms with van der Waals surface area (Å²) < 4.78 is 1.63. The van der Waals surface area contributed by atoms with E-state index in [2.05, 4.69) is 22.3 Å². The fourth-order valence-electron chi connectivity index (χ4n) is 1.15. The number of rotatable bonds is 5. The maximum atomic E-state index is 11.2. The fraction of sp³-hybridized carbons (Fsp3) is 0.400. The Balaban J connectivity index is 2.43. The van der Waals surface area contributed by atoms with Gasteiger partial charge in [-0.25, -0.2) is 4.68 Å². The zero-order chi connectivity index (χ0) is 11.3. The predicted molar refractivity (Wildman–Crippen MR) is 59.0 cm³/mol. The van der Waals surface area contributed by atoms with Crippen LogP contribution in [0.5, 0.6) is 0 Å². The minimum Gasteiger partial charge on any atom is -0.358 e. The number of carbonyl (C=O) groups is 1. The molecule has 5 heteroatoms. The molecule has 2 N–H and O–H groups in total. The number of hydrogen-bond donors (Lipinski definition) is 2. The maximum absolute atomic E-state index is 11.2. The van der Waals surface area contributed by atoms with Crippen molar-refractivity contribution in [2.45, 2.75) is 19.5 Å². The highest BCUT2D eigenvalue weighted by atomic mass is 16.2. The molecule has 0 aliphatic rings. The third kappa shape index (κ3) is 3.21. The quantitative estimate of drug-likeness (QED) is 0.727. The molecule has 1 heterocycles. The van der Waals surface area contributed by atoms with Gasteiger partial charge in [0, 0.05) is 31.6 Å². The molecule has 0 radical (unpaired) electrons. The lowest BCUT2D eigenvalue weighted by atomic mass is 10.3. The molecule has 0 spiro atoms. The highest BCUT2D eigenvalue weighted by Crippen LogP contribution is 1.97. The van der Waals surface area contributed by atoms with Crippen LogP contribution in [-0.2, 0) is 11.3 Å². The standard InChI is InChI=1S/C10H16N4O/c1-4-14-7-9(6-13-14)5-12-8(2)10(15)11-3/h4,6-8,12H,1,5H2,2-3H3,(H,11,15). The highest BCUT2D eigenvalue weighted by Gasteiger charge is 2.09. The second kappa shape index (κ2) is 5.31. The van der Waals surface area contributed by atoms with Gasteiger partial charge in [0.15, 0.2) is 0 Å². The molecule has 15 heavy (non-hydrogen) atoms. The average molecular weight is 208 g/mol. The van der Waals surface area contributed by atoms with Crippen LogP contribution in [0.3, 0.4) is 0 Å². The summed E-state index contributed by atoms with van der Waals surface area (Å²) in [5.74, 6) is -0.0221. The van der Waals surface area contributed by atoms with Crippen LogP contribution in [-0.4, -0.2) is 28.8 Å². The minimum absolute atomic E-state index is 0.0221. The molecular weight excluding hydrogens is 192 g/mol. The smallest absolute Gasteiger partial charge is 0.236 e. The SMILES string of the molecule is C=Cn1cc(CNC(C)C(=O)NC)cn1. The molecule has 0 saturated carbocycles. The van der Waals surface area contributed by atoms with E-state index in [0.29, 0.717) is 6.54 Å². The molecular formula is C10H16N4O. The molecule has 0 aliphatic carbocycles. The van der Waals surface area contributed by atoms with E-state index < -0.39 is 0 Å². The number of hydrogen-bond acceptors (Lipinski definition) is 3. The normalized spacial score (nSPS) is 12.1. The summed E-state index contributed by atoms with van der Waals surface area (Å²) >= 11 is 0. The summed E-state index contributed by atoms with van der Waals surface area (Å²) in [6, 6.07) is -0.206. The second-order valence-electron chi connectivity index (χ2n) is 3.23. The van der Waals surface area contributed by atoms with Gasteiger partial charge in [-0.15, -0.1) is 0 Å². The monoisotopic (exact) mass is 208 g/mol. The summed E-state index contributed by atoms with van der Waals surface area (Å²) in [7, 11) is 1.62. The average Bonchev–Trinajstić information content (AvgIpc) is 2.72. The van der Waals surface area contributed by atoms with Crippen molar-refractivity contribution in [2.24, 2.45) is 0 Å². The van der Waals surface area contributed by atoms with Crippen LogP contribution in [0.25, 0.3) is 6.20 Å². The number of carbonyl (C=O) groups excluding carboxylic acids is 1. The van der Waals surface area contributed by atoms with Crippen molar-refractivity contribution in [1.29, 1.82) is 0 Å². The first-order valence-corrected chi connectivity index (χ1v) is 4.78. The number of aromatic nitrogens is 2. The Kier molecular flexibility index (Phi) is 4.05. The van der Waals surface area contributed by atoms with Gasteiger partial charge in [-0.1, -0.05) is 6.58 Å². The van der Waals surface area contributed by atoms with Crippen LogP contribution in [0.2, 0.25) is 0 Å². The largest absolute Gasteiger partial charge is 0.358 e. The van der Waals surface area contributed by atoms with E-state index in [1.165, 1.54) is 0 Å². The van der Waals surface area contributed by atoms with Gasteiger partial charge < -0.3 is 10.6 Å². The van der Waals surface area contributed by atoms with Gasteiger partial charge in [0.2, 0.25) is 5.91 Å². The van der Waals surface area contributed by atoms with E-state index >= 15 is 0 Å². The Morgan fingerprint density at radius 3 is 3.07 bits per heavy atom. The molecule has 1 aromatic heterocycles. The van der Waals surface area contributed by atoms with Crippen molar-refractivity contribution in [3.63, 3.8) is 0 Å². The van der Waals surface area contributed by atoms with Gasteiger partial charge in [-0.05, 0) is 6.92 Å². The summed E-state index contributed by atoms with van der Waals surface area (Å²) in [6.45, 7) is 6.03. The fourth-order valence-corrected chi connectivity index (χ4v) is 1.15. The first-order chi connectivity index (χ1) is 7.17. The lowest BCUT2D eigenvalue weighted by Gasteiger charge is -2.10. The molecule has 5 nitrogen and oxygen atoms in total. The van der Waals surface area contributed by atoms with E-state index in [1.807, 2.05) is 13.1 Å². The molecule has 0 bridgehead atoms. The Morgan fingerprint density at radius 1 is 1.80 bits per heavy atom. The highest BCUT2D eigenvalue weighted by molar-refractivity contribution is 5.80. The number of nitrogens with zero attached hydrogens (tertiary/aromatic N) is 2. The maximum Gasteiger partial charge on any atom is 0.236 e. The van der Waals surface area contributed by atoms with Gasteiger partial charge in [0.1, 0.15) is 0 Å². The Bertz CT molecular complexity index is 345. The molecule has 1 amide bonds. The van der Waals surface area contributed by atoms with Crippen LogP contribution in [0, 0.1) is 0 Å². The Hall–Kier alpha value is -1.62. The molecule has 82 valence electrons. The molecule has 1 aromatic rings. The number of nitrogens with one attached hydrogen (secondary N) is 2. The summed E-state index contributed by atoms with van der Waals surface area (Å²) in [5.41, 5.74) is 1.02. The van der Waals surface area contributed by atoms with Crippen molar-refractivity contribution in [1.82, 2.24) is 20.4 Å². The van der Waals surface area contributed by atoms with Crippen molar-refractivity contribution in [3.8, 4) is 0 Å². The second-order valence-corrected chi connectivity index (χ2v) is 3.23. The van der Waals surface area contributed by atoms with E-state index in [-0.39, 0.29) is 11.9 Å². The van der Waals surface area contributed by atoms with Crippen LogP contribution in [0.15, 0.2) is 19.0 Å². The summed E-state index contributed by atoms with van der Waals surface area (Å²) in [5, 5.41) is 9.70. The Labute approximate surface area is 89.2 Å². The molecule has 0 saturated heterocycles. The van der Waals surface area contributed by atoms with Gasteiger partial charge in [0.05, 0.1) is 12.2 Å². The first kappa shape index (κ1) is 11.5. The zero-order valence-electron chi connectivity index (χ0n) is 9.03. The molecule has 1 atom stereocenters. The van der Waals surface area contributed by atoms with Crippen molar-refractivity contribution in [3.05, 3.63) is 24.5 Å². The molecule has 0 aliphatic heterocycles. The Morgan fingerprint density at radius 2 is 2.53 bits per heavy atom. The van der Waals surface area contributed by atoms with Crippen LogP contribution in [0.4, 0.5) is 0 Å². The number of amides is 1. The predicted octanol–water partition coefficient (Wildman–Crippen LogP) is 0.208. The lowest BCUT2D eigenvalue weighted by molar-refractivity contribution is -0.122. The van der Waals surface area contributed by atoms with Crippen LogP contribution >= 0.6 is 0 Å².